The van der Waals surface area contributed by atoms with Gasteiger partial charge in [-0.05, 0) is 39.3 Å². The van der Waals surface area contributed by atoms with E-state index in [0.717, 1.165) is 30.2 Å². The number of aromatic nitrogens is 4. The van der Waals surface area contributed by atoms with Gasteiger partial charge < -0.3 is 9.84 Å². The van der Waals surface area contributed by atoms with Crippen LogP contribution in [0.15, 0.2) is 10.6 Å². The van der Waals surface area contributed by atoms with Crippen LogP contribution in [0.2, 0.25) is 0 Å². The van der Waals surface area contributed by atoms with Crippen molar-refractivity contribution in [1.29, 1.82) is 0 Å². The van der Waals surface area contributed by atoms with E-state index in [4.69, 9.17) is 4.52 Å². The summed E-state index contributed by atoms with van der Waals surface area (Å²) in [5, 5.41) is 12.0. The molecule has 0 amide bonds. The van der Waals surface area contributed by atoms with Crippen LogP contribution in [-0.2, 0) is 6.54 Å². The van der Waals surface area contributed by atoms with Crippen molar-refractivity contribution in [2.75, 3.05) is 6.54 Å². The SMILES string of the molecule is Cc1cc(C)n(Cc2nc(C3CCCCCN3)no2)n1.Cl. The molecule has 1 N–H and O–H groups in total. The lowest BCUT2D eigenvalue weighted by Gasteiger charge is -2.09. The van der Waals surface area contributed by atoms with E-state index in [1.165, 1.54) is 19.3 Å². The number of aryl methyl sites for hydroxylation is 2. The van der Waals surface area contributed by atoms with Crippen molar-refractivity contribution >= 4 is 12.4 Å². The molecule has 3 rings (SSSR count). The topological polar surface area (TPSA) is 68.8 Å². The Balaban J connectivity index is 0.00000161. The van der Waals surface area contributed by atoms with E-state index in [1.807, 2.05) is 24.6 Å². The minimum atomic E-state index is 0. The minimum Gasteiger partial charge on any atom is -0.337 e. The third-order valence-corrected chi connectivity index (χ3v) is 3.74. The summed E-state index contributed by atoms with van der Waals surface area (Å²) in [5.74, 6) is 1.40. The molecule has 0 radical (unpaired) electrons. The molecule has 0 aromatic carbocycles. The zero-order valence-electron chi connectivity index (χ0n) is 12.5. The molecule has 0 saturated carbocycles. The molecule has 7 heteroatoms. The molecule has 1 aliphatic heterocycles. The van der Waals surface area contributed by atoms with Crippen LogP contribution >= 0.6 is 12.4 Å². The summed E-state index contributed by atoms with van der Waals surface area (Å²) in [7, 11) is 0. The Labute approximate surface area is 130 Å². The van der Waals surface area contributed by atoms with E-state index in [1.54, 1.807) is 0 Å². The van der Waals surface area contributed by atoms with Gasteiger partial charge in [0.15, 0.2) is 5.82 Å². The van der Waals surface area contributed by atoms with Crippen LogP contribution in [0.1, 0.15) is 54.8 Å². The van der Waals surface area contributed by atoms with Crippen LogP contribution in [0.25, 0.3) is 0 Å². The number of rotatable bonds is 3. The molecule has 3 heterocycles. The first-order chi connectivity index (χ1) is 9.72. The maximum atomic E-state index is 5.36. The predicted molar refractivity (Wildman–Crippen MR) is 81.6 cm³/mol. The van der Waals surface area contributed by atoms with Gasteiger partial charge in [-0.2, -0.15) is 10.1 Å². The smallest absolute Gasteiger partial charge is 0.248 e. The Morgan fingerprint density at radius 1 is 1.33 bits per heavy atom. The molecule has 1 saturated heterocycles. The summed E-state index contributed by atoms with van der Waals surface area (Å²) in [6.45, 7) is 5.59. The first-order valence-electron chi connectivity index (χ1n) is 7.29. The van der Waals surface area contributed by atoms with Gasteiger partial charge in [-0.15, -0.1) is 12.4 Å². The van der Waals surface area contributed by atoms with Gasteiger partial charge in [-0.1, -0.05) is 18.0 Å². The molecule has 21 heavy (non-hydrogen) atoms. The molecule has 1 unspecified atom stereocenters. The van der Waals surface area contributed by atoms with Crippen molar-refractivity contribution in [3.05, 3.63) is 29.2 Å². The fourth-order valence-corrected chi connectivity index (χ4v) is 2.69. The predicted octanol–water partition coefficient (Wildman–Crippen LogP) is 2.56. The Kier molecular flexibility index (Phi) is 5.36. The Bertz CT molecular complexity index is 572. The number of hydrogen-bond donors (Lipinski definition) is 1. The molecule has 116 valence electrons. The van der Waals surface area contributed by atoms with Gasteiger partial charge in [0.2, 0.25) is 5.89 Å². The van der Waals surface area contributed by atoms with Crippen LogP contribution < -0.4 is 5.32 Å². The van der Waals surface area contributed by atoms with Gasteiger partial charge in [0.05, 0.1) is 11.7 Å². The lowest BCUT2D eigenvalue weighted by atomic mass is 10.1. The molecule has 1 atom stereocenters. The van der Waals surface area contributed by atoms with E-state index in [2.05, 4.69) is 20.6 Å². The van der Waals surface area contributed by atoms with Crippen molar-refractivity contribution in [2.24, 2.45) is 0 Å². The molecule has 6 nitrogen and oxygen atoms in total. The van der Waals surface area contributed by atoms with E-state index >= 15 is 0 Å². The molecule has 0 spiro atoms. The molecular formula is C14H22ClN5O. The van der Waals surface area contributed by atoms with Crippen LogP contribution in [0.5, 0.6) is 0 Å². The van der Waals surface area contributed by atoms with Gasteiger partial charge in [0.1, 0.15) is 6.54 Å². The zero-order valence-corrected chi connectivity index (χ0v) is 13.3. The summed E-state index contributed by atoms with van der Waals surface area (Å²) >= 11 is 0. The highest BCUT2D eigenvalue weighted by molar-refractivity contribution is 5.85. The third-order valence-electron chi connectivity index (χ3n) is 3.74. The fourth-order valence-electron chi connectivity index (χ4n) is 2.69. The Hall–Kier alpha value is -1.40. The molecule has 1 aliphatic rings. The van der Waals surface area contributed by atoms with E-state index in [9.17, 15) is 0 Å². The molecule has 2 aromatic heterocycles. The van der Waals surface area contributed by atoms with Crippen LogP contribution in [0, 0.1) is 13.8 Å². The normalized spacial score (nSPS) is 19.0. The maximum Gasteiger partial charge on any atom is 0.248 e. The third kappa shape index (κ3) is 3.83. The quantitative estimate of drug-likeness (QED) is 0.943. The first kappa shape index (κ1) is 16.0. The molecule has 0 aliphatic carbocycles. The second kappa shape index (κ2) is 7.04. The highest BCUT2D eigenvalue weighted by atomic mass is 35.5. The maximum absolute atomic E-state index is 5.36. The summed E-state index contributed by atoms with van der Waals surface area (Å²) in [5.41, 5.74) is 2.11. The standard InChI is InChI=1S/C14H21N5O.ClH/c1-10-8-11(2)19(17-10)9-13-16-14(18-20-13)12-6-4-3-5-7-15-12;/h8,12,15H,3-7,9H2,1-2H3;1H. The van der Waals surface area contributed by atoms with Crippen molar-refractivity contribution in [2.45, 2.75) is 52.1 Å². The number of nitrogens with zero attached hydrogens (tertiary/aromatic N) is 4. The lowest BCUT2D eigenvalue weighted by Crippen LogP contribution is -2.21. The van der Waals surface area contributed by atoms with Crippen molar-refractivity contribution < 1.29 is 4.52 Å². The average Bonchev–Trinajstić information content (AvgIpc) is 2.88. The second-order valence-corrected chi connectivity index (χ2v) is 5.49. The monoisotopic (exact) mass is 311 g/mol. The molecule has 1 fully saturated rings. The lowest BCUT2D eigenvalue weighted by molar-refractivity contribution is 0.353. The summed E-state index contributed by atoms with van der Waals surface area (Å²) in [6, 6.07) is 2.28. The number of hydrogen-bond acceptors (Lipinski definition) is 5. The summed E-state index contributed by atoms with van der Waals surface area (Å²) in [6.07, 6.45) is 4.81. The zero-order chi connectivity index (χ0) is 13.9. The van der Waals surface area contributed by atoms with Crippen molar-refractivity contribution in [3.63, 3.8) is 0 Å². The highest BCUT2D eigenvalue weighted by Crippen LogP contribution is 2.20. The highest BCUT2D eigenvalue weighted by Gasteiger charge is 2.19. The van der Waals surface area contributed by atoms with Gasteiger partial charge in [0, 0.05) is 5.69 Å². The van der Waals surface area contributed by atoms with Crippen LogP contribution in [0.3, 0.4) is 0 Å². The van der Waals surface area contributed by atoms with Gasteiger partial charge in [0.25, 0.3) is 0 Å². The number of nitrogens with one attached hydrogen (secondary N) is 1. The van der Waals surface area contributed by atoms with Crippen molar-refractivity contribution in [3.8, 4) is 0 Å². The average molecular weight is 312 g/mol. The summed E-state index contributed by atoms with van der Waals surface area (Å²) in [4.78, 5) is 4.52. The Morgan fingerprint density at radius 3 is 2.95 bits per heavy atom. The molecule has 0 bridgehead atoms. The van der Waals surface area contributed by atoms with Crippen LogP contribution in [0.4, 0.5) is 0 Å². The van der Waals surface area contributed by atoms with Gasteiger partial charge >= 0.3 is 0 Å². The van der Waals surface area contributed by atoms with E-state index < -0.39 is 0 Å². The van der Waals surface area contributed by atoms with E-state index in [0.29, 0.717) is 12.4 Å². The van der Waals surface area contributed by atoms with E-state index in [-0.39, 0.29) is 18.4 Å². The molecular weight excluding hydrogens is 290 g/mol. The first-order valence-corrected chi connectivity index (χ1v) is 7.29. The van der Waals surface area contributed by atoms with Crippen LogP contribution in [-0.4, -0.2) is 26.5 Å². The fraction of sp³-hybridized carbons (Fsp3) is 0.643. The second-order valence-electron chi connectivity index (χ2n) is 5.49. The Morgan fingerprint density at radius 2 is 2.19 bits per heavy atom. The number of halogens is 1. The van der Waals surface area contributed by atoms with Gasteiger partial charge in [-0.3, -0.25) is 4.68 Å². The van der Waals surface area contributed by atoms with Crippen molar-refractivity contribution in [1.82, 2.24) is 25.2 Å². The summed E-state index contributed by atoms with van der Waals surface area (Å²) < 4.78 is 7.26. The minimum absolute atomic E-state index is 0. The largest absolute Gasteiger partial charge is 0.337 e. The molecule has 2 aromatic rings. The van der Waals surface area contributed by atoms with Gasteiger partial charge in [-0.25, -0.2) is 0 Å².